The molecule has 0 spiro atoms. The Balaban J connectivity index is 1.86. The molecule has 1 aromatic heterocycles. The van der Waals surface area contributed by atoms with Crippen molar-refractivity contribution in [3.05, 3.63) is 30.1 Å². The molecular formula is C14H20F2N2. The Bertz CT molecular complexity index is 359. The fraction of sp³-hybridized carbons (Fsp3) is 0.643. The summed E-state index contributed by atoms with van der Waals surface area (Å²) in [6.45, 7) is 2.06. The van der Waals surface area contributed by atoms with Crippen molar-refractivity contribution in [2.24, 2.45) is 5.92 Å². The number of pyridine rings is 1. The monoisotopic (exact) mass is 254 g/mol. The summed E-state index contributed by atoms with van der Waals surface area (Å²) >= 11 is 0. The van der Waals surface area contributed by atoms with Crippen LogP contribution in [0.15, 0.2) is 24.5 Å². The predicted molar refractivity (Wildman–Crippen MR) is 67.6 cm³/mol. The number of nitrogens with zero attached hydrogens (tertiary/aromatic N) is 2. The number of likely N-dealkylation sites (tertiary alicyclic amines) is 1. The van der Waals surface area contributed by atoms with Gasteiger partial charge >= 0.3 is 0 Å². The Morgan fingerprint density at radius 3 is 2.72 bits per heavy atom. The van der Waals surface area contributed by atoms with Crippen LogP contribution in [0.25, 0.3) is 0 Å². The van der Waals surface area contributed by atoms with Crippen LogP contribution in [0.5, 0.6) is 0 Å². The summed E-state index contributed by atoms with van der Waals surface area (Å²) < 4.78 is 27.9. The van der Waals surface area contributed by atoms with E-state index >= 15 is 0 Å². The molecule has 2 heterocycles. The van der Waals surface area contributed by atoms with Crippen LogP contribution < -0.4 is 0 Å². The molecule has 0 N–H and O–H groups in total. The first-order chi connectivity index (χ1) is 8.58. The summed E-state index contributed by atoms with van der Waals surface area (Å²) in [4.78, 5) is 6.03. The van der Waals surface area contributed by atoms with Crippen LogP contribution in [0.2, 0.25) is 0 Å². The average Bonchev–Trinajstić information content (AvgIpc) is 2.39. The molecule has 0 aliphatic carbocycles. The van der Waals surface area contributed by atoms with Crippen LogP contribution >= 0.6 is 0 Å². The molecular weight excluding hydrogens is 234 g/mol. The van der Waals surface area contributed by atoms with E-state index in [1.54, 1.807) is 6.07 Å². The van der Waals surface area contributed by atoms with Crippen molar-refractivity contribution in [3.63, 3.8) is 0 Å². The summed E-state index contributed by atoms with van der Waals surface area (Å²) in [6, 6.07) is 3.03. The molecule has 0 aromatic carbocycles. The molecule has 0 saturated carbocycles. The summed E-state index contributed by atoms with van der Waals surface area (Å²) in [6.07, 6.45) is 5.42. The number of rotatable bonds is 4. The minimum absolute atomic E-state index is 0.0397. The zero-order valence-electron chi connectivity index (χ0n) is 10.8. The molecule has 2 rings (SSSR count). The number of hydrogen-bond acceptors (Lipinski definition) is 2. The van der Waals surface area contributed by atoms with E-state index in [2.05, 4.69) is 16.9 Å². The van der Waals surface area contributed by atoms with Gasteiger partial charge in [-0.25, -0.2) is 8.78 Å². The maximum Gasteiger partial charge on any atom is 0.274 e. The third kappa shape index (κ3) is 3.48. The van der Waals surface area contributed by atoms with Gasteiger partial charge in [0.2, 0.25) is 0 Å². The standard InChI is InChI=1S/C14H20F2N2/c1-18-9-5-12(6-10-18)4-7-14(15,16)13-3-2-8-17-11-13/h2-3,8,11-12H,4-7,9-10H2,1H3. The van der Waals surface area contributed by atoms with Gasteiger partial charge in [0, 0.05) is 24.4 Å². The second-order valence-electron chi connectivity index (χ2n) is 5.23. The highest BCUT2D eigenvalue weighted by Crippen LogP contribution is 2.35. The molecule has 0 unspecified atom stereocenters. The molecule has 100 valence electrons. The number of halogens is 2. The van der Waals surface area contributed by atoms with E-state index in [1.807, 2.05) is 0 Å². The SMILES string of the molecule is CN1CCC(CCC(F)(F)c2cccnc2)CC1. The fourth-order valence-electron chi connectivity index (χ4n) is 2.46. The van der Waals surface area contributed by atoms with E-state index in [-0.39, 0.29) is 12.0 Å². The van der Waals surface area contributed by atoms with Crippen LogP contribution in [0, 0.1) is 5.92 Å². The normalized spacial score (nSPS) is 19.1. The van der Waals surface area contributed by atoms with Crippen molar-refractivity contribution in [2.75, 3.05) is 20.1 Å². The lowest BCUT2D eigenvalue weighted by molar-refractivity contribution is -0.0216. The zero-order chi connectivity index (χ0) is 13.0. The molecule has 1 aliphatic rings. The van der Waals surface area contributed by atoms with E-state index in [1.165, 1.54) is 18.5 Å². The van der Waals surface area contributed by atoms with Crippen molar-refractivity contribution in [1.82, 2.24) is 9.88 Å². The average molecular weight is 254 g/mol. The van der Waals surface area contributed by atoms with Crippen molar-refractivity contribution in [1.29, 1.82) is 0 Å². The molecule has 0 bridgehead atoms. The summed E-state index contributed by atoms with van der Waals surface area (Å²) in [5.74, 6) is -2.29. The first-order valence-corrected chi connectivity index (χ1v) is 6.55. The van der Waals surface area contributed by atoms with Crippen molar-refractivity contribution in [2.45, 2.75) is 31.6 Å². The van der Waals surface area contributed by atoms with Gasteiger partial charge in [-0.05, 0) is 57.5 Å². The van der Waals surface area contributed by atoms with Crippen molar-refractivity contribution in [3.8, 4) is 0 Å². The Labute approximate surface area is 107 Å². The van der Waals surface area contributed by atoms with Gasteiger partial charge in [-0.2, -0.15) is 0 Å². The molecule has 1 fully saturated rings. The molecule has 18 heavy (non-hydrogen) atoms. The molecule has 1 aromatic rings. The molecule has 1 aliphatic heterocycles. The van der Waals surface area contributed by atoms with Gasteiger partial charge in [-0.1, -0.05) is 0 Å². The first kappa shape index (κ1) is 13.4. The van der Waals surface area contributed by atoms with Crippen molar-refractivity contribution < 1.29 is 8.78 Å². The number of aromatic nitrogens is 1. The number of alkyl halides is 2. The van der Waals surface area contributed by atoms with Crippen LogP contribution in [-0.2, 0) is 5.92 Å². The maximum atomic E-state index is 13.9. The van der Waals surface area contributed by atoms with Crippen LogP contribution in [0.1, 0.15) is 31.2 Å². The second kappa shape index (κ2) is 5.74. The third-order valence-electron chi connectivity index (χ3n) is 3.79. The van der Waals surface area contributed by atoms with Crippen LogP contribution in [0.4, 0.5) is 8.78 Å². The van der Waals surface area contributed by atoms with Gasteiger partial charge < -0.3 is 4.90 Å². The topological polar surface area (TPSA) is 16.1 Å². The largest absolute Gasteiger partial charge is 0.306 e. The summed E-state index contributed by atoms with van der Waals surface area (Å²) in [5.41, 5.74) is 0.0397. The molecule has 2 nitrogen and oxygen atoms in total. The Morgan fingerprint density at radius 1 is 1.39 bits per heavy atom. The highest BCUT2D eigenvalue weighted by atomic mass is 19.3. The first-order valence-electron chi connectivity index (χ1n) is 6.55. The number of piperidine rings is 1. The highest BCUT2D eigenvalue weighted by Gasteiger charge is 2.32. The van der Waals surface area contributed by atoms with Crippen LogP contribution in [0.3, 0.4) is 0 Å². The lowest BCUT2D eigenvalue weighted by Crippen LogP contribution is -2.30. The Kier molecular flexibility index (Phi) is 4.27. The molecule has 0 radical (unpaired) electrons. The van der Waals surface area contributed by atoms with E-state index < -0.39 is 5.92 Å². The lowest BCUT2D eigenvalue weighted by Gasteiger charge is -2.29. The van der Waals surface area contributed by atoms with Crippen molar-refractivity contribution >= 4 is 0 Å². The fourth-order valence-corrected chi connectivity index (χ4v) is 2.46. The predicted octanol–water partition coefficient (Wildman–Crippen LogP) is 3.30. The molecule has 4 heteroatoms. The zero-order valence-corrected chi connectivity index (χ0v) is 10.8. The van der Waals surface area contributed by atoms with E-state index in [9.17, 15) is 8.78 Å². The smallest absolute Gasteiger partial charge is 0.274 e. The van der Waals surface area contributed by atoms with Crippen LogP contribution in [-0.4, -0.2) is 30.0 Å². The third-order valence-corrected chi connectivity index (χ3v) is 3.79. The van der Waals surface area contributed by atoms with Gasteiger partial charge in [0.1, 0.15) is 0 Å². The molecule has 0 amide bonds. The minimum atomic E-state index is -2.74. The maximum absolute atomic E-state index is 13.9. The highest BCUT2D eigenvalue weighted by molar-refractivity contribution is 5.14. The van der Waals surface area contributed by atoms with E-state index in [0.717, 1.165) is 25.9 Å². The second-order valence-corrected chi connectivity index (χ2v) is 5.23. The van der Waals surface area contributed by atoms with E-state index in [0.29, 0.717) is 12.3 Å². The lowest BCUT2D eigenvalue weighted by atomic mass is 9.90. The molecule has 1 saturated heterocycles. The summed E-state index contributed by atoms with van der Waals surface area (Å²) in [7, 11) is 2.08. The van der Waals surface area contributed by atoms with Gasteiger partial charge in [0.25, 0.3) is 5.92 Å². The van der Waals surface area contributed by atoms with E-state index in [4.69, 9.17) is 0 Å². The Morgan fingerprint density at radius 2 is 2.11 bits per heavy atom. The molecule has 0 atom stereocenters. The quantitative estimate of drug-likeness (QED) is 0.819. The Hall–Kier alpha value is -1.03. The van der Waals surface area contributed by atoms with Gasteiger partial charge in [0.15, 0.2) is 0 Å². The van der Waals surface area contributed by atoms with Gasteiger partial charge in [-0.15, -0.1) is 0 Å². The number of hydrogen-bond donors (Lipinski definition) is 0. The minimum Gasteiger partial charge on any atom is -0.306 e. The summed E-state index contributed by atoms with van der Waals surface area (Å²) in [5, 5.41) is 0. The van der Waals surface area contributed by atoms with Gasteiger partial charge in [0.05, 0.1) is 0 Å². The van der Waals surface area contributed by atoms with Gasteiger partial charge in [-0.3, -0.25) is 4.98 Å².